The van der Waals surface area contributed by atoms with Gasteiger partial charge in [0.2, 0.25) is 0 Å². The predicted octanol–water partition coefficient (Wildman–Crippen LogP) is 2.37. The van der Waals surface area contributed by atoms with Crippen LogP contribution in [0.3, 0.4) is 0 Å². The van der Waals surface area contributed by atoms with Crippen LogP contribution in [0.4, 0.5) is 0 Å². The van der Waals surface area contributed by atoms with Crippen molar-refractivity contribution in [2.24, 2.45) is 29.6 Å². The first kappa shape index (κ1) is 21.1. The second-order valence-corrected chi connectivity index (χ2v) is 10.1. The summed E-state index contributed by atoms with van der Waals surface area (Å²) >= 11 is 0. The summed E-state index contributed by atoms with van der Waals surface area (Å²) in [5.41, 5.74) is 0.0404. The van der Waals surface area contributed by atoms with E-state index in [2.05, 4.69) is 15.3 Å². The van der Waals surface area contributed by atoms with Crippen LogP contribution in [0.5, 0.6) is 0 Å². The number of halogens is 2. The average Bonchev–Trinajstić information content (AvgIpc) is 3.22. The number of carbonyl (C=O) groups is 1. The molecule has 4 bridgehead atoms. The molecule has 2 aliphatic heterocycles. The summed E-state index contributed by atoms with van der Waals surface area (Å²) in [4.78, 5) is 35.3. The summed E-state index contributed by atoms with van der Waals surface area (Å²) in [5, 5.41) is 3.39. The zero-order valence-corrected chi connectivity index (χ0v) is 18.2. The van der Waals surface area contributed by atoms with Gasteiger partial charge in [-0.1, -0.05) is 0 Å². The fourth-order valence-electron chi connectivity index (χ4n) is 7.41. The number of carbonyl (C=O) groups excluding carboxylic acids is 1. The second kappa shape index (κ2) is 7.54. The highest BCUT2D eigenvalue weighted by Crippen LogP contribution is 2.59. The van der Waals surface area contributed by atoms with E-state index in [0.29, 0.717) is 11.8 Å². The van der Waals surface area contributed by atoms with Gasteiger partial charge in [-0.15, -0.1) is 24.8 Å². The van der Waals surface area contributed by atoms with Crippen molar-refractivity contribution in [3.8, 4) is 0 Å². The fourth-order valence-corrected chi connectivity index (χ4v) is 7.41. The lowest BCUT2D eigenvalue weighted by atomic mass is 9.49. The standard InChI is InChI=1S/C21H28N4O2.2ClH/c26-18-17(19(27)25-10-15-7-22-8-16(15)11-25)9-23-20(24-18)21-4-12-1-13(5-21)3-14(2-12)6-21;;/h9,12-16,22H,1-8,10-11H2,(H,23,24,26);2*1H/t12?,13?,14?,15-,16+,21?;;. The van der Waals surface area contributed by atoms with E-state index < -0.39 is 0 Å². The van der Waals surface area contributed by atoms with E-state index >= 15 is 0 Å². The molecular formula is C21H30Cl2N4O2. The Morgan fingerprint density at radius 3 is 2.07 bits per heavy atom. The minimum atomic E-state index is -0.240. The number of amides is 1. The van der Waals surface area contributed by atoms with Gasteiger partial charge in [-0.05, 0) is 68.1 Å². The lowest BCUT2D eigenvalue weighted by Crippen LogP contribution is -2.50. The molecule has 1 aromatic heterocycles. The fraction of sp³-hybridized carbons (Fsp3) is 0.762. The largest absolute Gasteiger partial charge is 0.338 e. The van der Waals surface area contributed by atoms with Crippen molar-refractivity contribution in [2.45, 2.75) is 43.9 Å². The van der Waals surface area contributed by atoms with Crippen molar-refractivity contribution in [1.82, 2.24) is 20.2 Å². The van der Waals surface area contributed by atoms with Crippen LogP contribution in [0.1, 0.15) is 54.7 Å². The van der Waals surface area contributed by atoms with Crippen molar-refractivity contribution < 1.29 is 4.79 Å². The van der Waals surface area contributed by atoms with Crippen molar-refractivity contribution in [3.63, 3.8) is 0 Å². The topological polar surface area (TPSA) is 78.1 Å². The van der Waals surface area contributed by atoms with Gasteiger partial charge in [0.1, 0.15) is 11.4 Å². The highest BCUT2D eigenvalue weighted by atomic mass is 35.5. The number of hydrogen-bond donors (Lipinski definition) is 2. The summed E-state index contributed by atoms with van der Waals surface area (Å²) in [6.45, 7) is 3.47. The number of fused-ring (bicyclic) bond motifs is 1. The summed E-state index contributed by atoms with van der Waals surface area (Å²) in [6, 6.07) is 0. The van der Waals surface area contributed by atoms with E-state index in [0.717, 1.165) is 49.8 Å². The van der Waals surface area contributed by atoms with Gasteiger partial charge in [-0.25, -0.2) is 4.98 Å². The smallest absolute Gasteiger partial charge is 0.263 e. The van der Waals surface area contributed by atoms with Gasteiger partial charge in [0.05, 0.1) is 0 Å². The predicted molar refractivity (Wildman–Crippen MR) is 115 cm³/mol. The van der Waals surface area contributed by atoms with Crippen LogP contribution < -0.4 is 10.9 Å². The monoisotopic (exact) mass is 440 g/mol. The minimum Gasteiger partial charge on any atom is -0.338 e. The number of nitrogens with zero attached hydrogens (tertiary/aromatic N) is 2. The lowest BCUT2D eigenvalue weighted by molar-refractivity contribution is -0.00954. The zero-order chi connectivity index (χ0) is 18.2. The molecule has 0 unspecified atom stereocenters. The van der Waals surface area contributed by atoms with Gasteiger partial charge in [-0.2, -0.15) is 0 Å². The highest BCUT2D eigenvalue weighted by Gasteiger charge is 2.53. The Morgan fingerprint density at radius 1 is 1.00 bits per heavy atom. The van der Waals surface area contributed by atoms with E-state index in [-0.39, 0.29) is 47.3 Å². The molecular weight excluding hydrogens is 411 g/mol. The number of hydrogen-bond acceptors (Lipinski definition) is 4. The highest BCUT2D eigenvalue weighted by molar-refractivity contribution is 5.93. The molecule has 1 amide bonds. The molecule has 29 heavy (non-hydrogen) atoms. The van der Waals surface area contributed by atoms with Crippen LogP contribution in [0.25, 0.3) is 0 Å². The molecule has 4 aliphatic carbocycles. The van der Waals surface area contributed by atoms with Crippen molar-refractivity contribution in [3.05, 3.63) is 27.9 Å². The molecule has 0 aromatic carbocycles. The molecule has 6 aliphatic rings. The quantitative estimate of drug-likeness (QED) is 0.739. The Balaban J connectivity index is 0.00000102. The Bertz CT molecular complexity index is 810. The van der Waals surface area contributed by atoms with Gasteiger partial charge < -0.3 is 15.2 Å². The normalized spacial score (nSPS) is 39.0. The first-order valence-electron chi connectivity index (χ1n) is 10.7. The molecule has 3 heterocycles. The number of H-pyrrole nitrogens is 1. The summed E-state index contributed by atoms with van der Waals surface area (Å²) in [5.74, 6) is 4.20. The van der Waals surface area contributed by atoms with E-state index in [9.17, 15) is 9.59 Å². The van der Waals surface area contributed by atoms with Gasteiger partial charge in [0.15, 0.2) is 0 Å². The Hall–Kier alpha value is -1.11. The first-order chi connectivity index (χ1) is 13.1. The number of aromatic nitrogens is 2. The molecule has 160 valence electrons. The third-order valence-corrected chi connectivity index (χ3v) is 8.25. The van der Waals surface area contributed by atoms with E-state index in [1.165, 1.54) is 38.5 Å². The van der Waals surface area contributed by atoms with Crippen molar-refractivity contribution in [2.75, 3.05) is 26.2 Å². The van der Waals surface area contributed by atoms with Crippen LogP contribution in [0, 0.1) is 29.6 Å². The summed E-state index contributed by atoms with van der Waals surface area (Å²) in [6.07, 6.45) is 9.17. The molecule has 1 aromatic rings. The van der Waals surface area contributed by atoms with E-state index in [4.69, 9.17) is 0 Å². The Morgan fingerprint density at radius 2 is 1.55 bits per heavy atom. The molecule has 6 fully saturated rings. The molecule has 7 rings (SSSR count). The Labute approximate surface area is 183 Å². The van der Waals surface area contributed by atoms with Gasteiger partial charge in [-0.3, -0.25) is 9.59 Å². The van der Waals surface area contributed by atoms with Gasteiger partial charge in [0, 0.05) is 37.8 Å². The number of aromatic amines is 1. The van der Waals surface area contributed by atoms with E-state index in [1.807, 2.05) is 4.90 Å². The summed E-state index contributed by atoms with van der Waals surface area (Å²) in [7, 11) is 0. The number of rotatable bonds is 2. The first-order valence-corrected chi connectivity index (χ1v) is 10.7. The van der Waals surface area contributed by atoms with E-state index in [1.54, 1.807) is 6.20 Å². The molecule has 4 saturated carbocycles. The molecule has 2 saturated heterocycles. The molecule has 0 radical (unpaired) electrons. The maximum Gasteiger partial charge on any atom is 0.263 e. The summed E-state index contributed by atoms with van der Waals surface area (Å²) < 4.78 is 0. The van der Waals surface area contributed by atoms with Crippen LogP contribution >= 0.6 is 24.8 Å². The molecule has 8 heteroatoms. The lowest BCUT2D eigenvalue weighted by Gasteiger charge is -2.56. The molecule has 2 N–H and O–H groups in total. The maximum atomic E-state index is 12.9. The third kappa shape index (κ3) is 3.31. The molecule has 6 nitrogen and oxygen atoms in total. The van der Waals surface area contributed by atoms with Crippen LogP contribution in [0.15, 0.2) is 11.0 Å². The van der Waals surface area contributed by atoms with Crippen LogP contribution in [-0.4, -0.2) is 47.0 Å². The maximum absolute atomic E-state index is 12.9. The SMILES string of the molecule is Cl.Cl.O=C(c1cnc(C23CC4CC(CC(C4)C2)C3)[nH]c1=O)N1C[C@H]2CNC[C@H]2C1. The molecule has 2 atom stereocenters. The third-order valence-electron chi connectivity index (χ3n) is 8.25. The number of nitrogens with one attached hydrogen (secondary N) is 2. The minimum absolute atomic E-state index is 0. The Kier molecular flexibility index (Phi) is 5.50. The van der Waals surface area contributed by atoms with Crippen LogP contribution in [-0.2, 0) is 5.41 Å². The second-order valence-electron chi connectivity index (χ2n) is 10.1. The molecule has 0 spiro atoms. The van der Waals surface area contributed by atoms with Gasteiger partial charge >= 0.3 is 0 Å². The van der Waals surface area contributed by atoms with Gasteiger partial charge in [0.25, 0.3) is 11.5 Å². The zero-order valence-electron chi connectivity index (χ0n) is 16.6. The van der Waals surface area contributed by atoms with Crippen molar-refractivity contribution >= 4 is 30.7 Å². The average molecular weight is 441 g/mol. The van der Waals surface area contributed by atoms with Crippen molar-refractivity contribution in [1.29, 1.82) is 0 Å². The number of likely N-dealkylation sites (tertiary alicyclic amines) is 1. The van der Waals surface area contributed by atoms with Crippen LogP contribution in [0.2, 0.25) is 0 Å².